The Hall–Kier alpha value is -0.580. The van der Waals surface area contributed by atoms with Gasteiger partial charge in [-0.25, -0.2) is 0 Å². The normalized spacial score (nSPS) is 10.3. The molecule has 0 fully saturated rings. The topological polar surface area (TPSA) is 30.5 Å². The zero-order chi connectivity index (χ0) is 10.6. The van der Waals surface area contributed by atoms with Gasteiger partial charge in [0.1, 0.15) is 5.75 Å². The molecule has 0 unspecified atom stereocenters. The quantitative estimate of drug-likeness (QED) is 0.843. The molecule has 1 rings (SSSR count). The molecule has 1 aromatic rings. The van der Waals surface area contributed by atoms with E-state index in [1.54, 1.807) is 14.2 Å². The van der Waals surface area contributed by atoms with E-state index in [9.17, 15) is 0 Å². The van der Waals surface area contributed by atoms with Crippen LogP contribution in [0.15, 0.2) is 16.6 Å². The molecule has 0 aliphatic carbocycles. The second-order valence-corrected chi connectivity index (χ2v) is 3.76. The van der Waals surface area contributed by atoms with Gasteiger partial charge >= 0.3 is 0 Å². The van der Waals surface area contributed by atoms with Crippen LogP contribution in [0.25, 0.3) is 0 Å². The van der Waals surface area contributed by atoms with E-state index >= 15 is 0 Å². The van der Waals surface area contributed by atoms with Crippen molar-refractivity contribution in [2.24, 2.45) is 0 Å². The third kappa shape index (κ3) is 2.47. The molecule has 0 atom stereocenters. The molecule has 0 aromatic heterocycles. The lowest BCUT2D eigenvalue weighted by Gasteiger charge is -2.13. The third-order valence-corrected chi connectivity index (χ3v) is 2.67. The summed E-state index contributed by atoms with van der Waals surface area (Å²) in [5.74, 6) is 0.856. The van der Waals surface area contributed by atoms with Crippen molar-refractivity contribution in [3.05, 3.63) is 27.7 Å². The molecule has 1 N–H and O–H groups in total. The summed E-state index contributed by atoms with van der Waals surface area (Å²) in [5.41, 5.74) is 5.08. The van der Waals surface area contributed by atoms with Gasteiger partial charge in [-0.05, 0) is 34.5 Å². The first kappa shape index (κ1) is 11.5. The van der Waals surface area contributed by atoms with Crippen molar-refractivity contribution in [2.75, 3.05) is 14.2 Å². The molecule has 0 aliphatic heterocycles. The molecule has 0 aliphatic rings. The van der Waals surface area contributed by atoms with Gasteiger partial charge in [0.05, 0.1) is 18.7 Å². The van der Waals surface area contributed by atoms with E-state index in [0.29, 0.717) is 6.54 Å². The monoisotopic (exact) mass is 259 g/mol. The van der Waals surface area contributed by atoms with Gasteiger partial charge in [-0.15, -0.1) is 0 Å². The summed E-state index contributed by atoms with van der Waals surface area (Å²) < 4.78 is 6.27. The minimum Gasteiger partial charge on any atom is -0.495 e. The number of halogens is 1. The summed E-state index contributed by atoms with van der Waals surface area (Å²) in [6, 6.07) is 4.02. The lowest BCUT2D eigenvalue weighted by molar-refractivity contribution is 0.0859. The Morgan fingerprint density at radius 3 is 2.64 bits per heavy atom. The molecule has 0 amide bonds. The van der Waals surface area contributed by atoms with Crippen LogP contribution >= 0.6 is 15.9 Å². The van der Waals surface area contributed by atoms with Gasteiger partial charge in [0, 0.05) is 12.1 Å². The highest BCUT2D eigenvalue weighted by Crippen LogP contribution is 2.31. The largest absolute Gasteiger partial charge is 0.495 e. The number of benzene rings is 1. The van der Waals surface area contributed by atoms with Crippen molar-refractivity contribution >= 4 is 15.9 Å². The van der Waals surface area contributed by atoms with Crippen LogP contribution in [0, 0.1) is 6.92 Å². The molecular weight excluding hydrogens is 246 g/mol. The summed E-state index contributed by atoms with van der Waals surface area (Å²) in [4.78, 5) is 4.82. The van der Waals surface area contributed by atoms with Crippen LogP contribution in [0.1, 0.15) is 11.1 Å². The van der Waals surface area contributed by atoms with Crippen molar-refractivity contribution in [1.29, 1.82) is 0 Å². The second kappa shape index (κ2) is 5.34. The lowest BCUT2D eigenvalue weighted by Crippen LogP contribution is -2.13. The van der Waals surface area contributed by atoms with Crippen molar-refractivity contribution < 1.29 is 9.57 Å². The Morgan fingerprint density at radius 1 is 1.36 bits per heavy atom. The molecule has 0 heterocycles. The zero-order valence-corrected chi connectivity index (χ0v) is 10.1. The number of rotatable bonds is 4. The maximum absolute atomic E-state index is 5.31. The van der Waals surface area contributed by atoms with E-state index in [1.165, 1.54) is 5.56 Å². The van der Waals surface area contributed by atoms with Gasteiger partial charge in [-0.1, -0.05) is 6.07 Å². The zero-order valence-electron chi connectivity index (χ0n) is 8.56. The van der Waals surface area contributed by atoms with Crippen molar-refractivity contribution in [3.8, 4) is 5.75 Å². The lowest BCUT2D eigenvalue weighted by atomic mass is 10.1. The first-order valence-corrected chi connectivity index (χ1v) is 5.07. The fraction of sp³-hybridized carbons (Fsp3) is 0.400. The molecule has 3 nitrogen and oxygen atoms in total. The van der Waals surface area contributed by atoms with Crippen LogP contribution in [-0.2, 0) is 11.4 Å². The summed E-state index contributed by atoms with van der Waals surface area (Å²) in [6.45, 7) is 2.67. The molecular formula is C10H14BrNO2. The number of hydrogen-bond acceptors (Lipinski definition) is 3. The van der Waals surface area contributed by atoms with Crippen LogP contribution in [-0.4, -0.2) is 14.2 Å². The molecule has 1 aromatic carbocycles. The summed E-state index contributed by atoms with van der Waals surface area (Å²) in [7, 11) is 3.26. The van der Waals surface area contributed by atoms with Crippen LogP contribution in [0.3, 0.4) is 0 Å². The van der Waals surface area contributed by atoms with Crippen LogP contribution in [0.5, 0.6) is 5.75 Å². The third-order valence-electron chi connectivity index (χ3n) is 2.04. The van der Waals surface area contributed by atoms with E-state index < -0.39 is 0 Å². The first-order valence-electron chi connectivity index (χ1n) is 4.28. The molecule has 14 heavy (non-hydrogen) atoms. The Bertz CT molecular complexity index is 315. The predicted octanol–water partition coefficient (Wildman–Crippen LogP) is 2.42. The van der Waals surface area contributed by atoms with Gasteiger partial charge in [-0.2, -0.15) is 5.48 Å². The average Bonchev–Trinajstić information content (AvgIpc) is 2.19. The van der Waals surface area contributed by atoms with Crippen molar-refractivity contribution in [1.82, 2.24) is 5.48 Å². The van der Waals surface area contributed by atoms with Gasteiger partial charge in [0.15, 0.2) is 0 Å². The minimum absolute atomic E-state index is 0.630. The van der Waals surface area contributed by atoms with Crippen LogP contribution in [0.2, 0.25) is 0 Å². The number of ether oxygens (including phenoxy) is 1. The van der Waals surface area contributed by atoms with E-state index in [2.05, 4.69) is 21.4 Å². The smallest absolute Gasteiger partial charge is 0.137 e. The molecule has 78 valence electrons. The van der Waals surface area contributed by atoms with E-state index in [4.69, 9.17) is 9.57 Å². The van der Waals surface area contributed by atoms with Gasteiger partial charge in [0.25, 0.3) is 0 Å². The minimum atomic E-state index is 0.630. The Balaban J connectivity index is 3.03. The van der Waals surface area contributed by atoms with E-state index in [1.807, 2.05) is 19.1 Å². The summed E-state index contributed by atoms with van der Waals surface area (Å²) in [6.07, 6.45) is 0. The van der Waals surface area contributed by atoms with Crippen molar-refractivity contribution in [3.63, 3.8) is 0 Å². The van der Waals surface area contributed by atoms with Crippen molar-refractivity contribution in [2.45, 2.75) is 13.5 Å². The van der Waals surface area contributed by atoms with Gasteiger partial charge in [-0.3, -0.25) is 0 Å². The molecule has 4 heteroatoms. The molecule has 0 radical (unpaired) electrons. The molecule has 0 saturated heterocycles. The maximum Gasteiger partial charge on any atom is 0.137 e. The second-order valence-electron chi connectivity index (χ2n) is 2.90. The molecule has 0 saturated carbocycles. The number of methoxy groups -OCH3 is 1. The maximum atomic E-state index is 5.31. The number of aryl methyl sites for hydroxylation is 1. The fourth-order valence-corrected chi connectivity index (χ4v) is 1.82. The SMILES string of the molecule is CONCc1c(C)ccc(Br)c1OC. The first-order chi connectivity index (χ1) is 6.70. The molecule has 0 bridgehead atoms. The molecule has 0 spiro atoms. The Labute approximate surface area is 92.5 Å². The number of nitrogens with one attached hydrogen (secondary N) is 1. The van der Waals surface area contributed by atoms with Gasteiger partial charge in [0.2, 0.25) is 0 Å². The highest BCUT2D eigenvalue weighted by Gasteiger charge is 2.09. The Kier molecular flexibility index (Phi) is 4.38. The van der Waals surface area contributed by atoms with Crippen LogP contribution in [0.4, 0.5) is 0 Å². The summed E-state index contributed by atoms with van der Waals surface area (Å²) >= 11 is 3.44. The standard InChI is InChI=1S/C10H14BrNO2/c1-7-4-5-9(11)10(13-2)8(7)6-12-14-3/h4-5,12H,6H2,1-3H3. The highest BCUT2D eigenvalue weighted by atomic mass is 79.9. The van der Waals surface area contributed by atoms with Gasteiger partial charge < -0.3 is 9.57 Å². The Morgan fingerprint density at radius 2 is 2.07 bits per heavy atom. The average molecular weight is 260 g/mol. The fourth-order valence-electron chi connectivity index (χ4n) is 1.28. The highest BCUT2D eigenvalue weighted by molar-refractivity contribution is 9.10. The van der Waals surface area contributed by atoms with Crippen LogP contribution < -0.4 is 10.2 Å². The van der Waals surface area contributed by atoms with E-state index in [-0.39, 0.29) is 0 Å². The predicted molar refractivity (Wildman–Crippen MR) is 59.3 cm³/mol. The number of hydrogen-bond donors (Lipinski definition) is 1. The van der Waals surface area contributed by atoms with E-state index in [0.717, 1.165) is 15.8 Å². The summed E-state index contributed by atoms with van der Waals surface area (Å²) in [5, 5.41) is 0. The number of hydroxylamine groups is 1.